The number of aromatic nitrogens is 1. The summed E-state index contributed by atoms with van der Waals surface area (Å²) in [5, 5.41) is 6.48. The molecular weight excluding hydrogens is 448 g/mol. The van der Waals surface area contributed by atoms with Crippen LogP contribution >= 0.6 is 0 Å². The van der Waals surface area contributed by atoms with Crippen LogP contribution in [-0.2, 0) is 0 Å². The second-order valence-electron chi connectivity index (χ2n) is 10.3. The first-order valence-electron chi connectivity index (χ1n) is 13.8. The molecule has 0 aliphatic heterocycles. The van der Waals surface area contributed by atoms with Gasteiger partial charge in [-0.2, -0.15) is 0 Å². The highest BCUT2D eigenvalue weighted by Crippen LogP contribution is 2.36. The van der Waals surface area contributed by atoms with Crippen molar-refractivity contribution in [1.29, 1.82) is 0 Å². The Morgan fingerprint density at radius 2 is 1.41 bits per heavy atom. The summed E-state index contributed by atoms with van der Waals surface area (Å²) in [6.07, 6.45) is 5.15. The van der Waals surface area contributed by atoms with E-state index in [4.69, 9.17) is 4.98 Å². The Bertz CT molecular complexity index is 1250. The third kappa shape index (κ3) is 7.10. The number of nitrogens with zero attached hydrogens (tertiary/aromatic N) is 1. The average molecular weight is 493 g/mol. The molecule has 0 saturated carbocycles. The highest BCUT2D eigenvalue weighted by Gasteiger charge is 2.20. The van der Waals surface area contributed by atoms with Gasteiger partial charge in [-0.1, -0.05) is 120 Å². The van der Waals surface area contributed by atoms with Gasteiger partial charge in [-0.25, -0.2) is 0 Å². The number of hydrogen-bond acceptors (Lipinski definition) is 2. The molecule has 0 amide bonds. The van der Waals surface area contributed by atoms with E-state index >= 15 is 0 Å². The van der Waals surface area contributed by atoms with E-state index in [2.05, 4.69) is 125 Å². The molecule has 1 unspecified atom stereocenters. The van der Waals surface area contributed by atoms with Crippen molar-refractivity contribution in [2.45, 2.75) is 78.7 Å². The Hall–Kier alpha value is -3.39. The Balaban J connectivity index is 0.00000121. The van der Waals surface area contributed by atoms with Crippen molar-refractivity contribution >= 4 is 16.5 Å². The molecule has 0 saturated heterocycles. The molecule has 0 radical (unpaired) electrons. The summed E-state index contributed by atoms with van der Waals surface area (Å²) in [5.41, 5.74) is 7.42. The SMILES string of the molecule is C=CC.CCCCC(Nc1c(C(C)C)cccc1C(C)C)c1cccc(-c2cccc3ccccc23)n1. The molecule has 1 N–H and O–H groups in total. The van der Waals surface area contributed by atoms with Crippen LogP contribution in [0.15, 0.2) is 91.5 Å². The van der Waals surface area contributed by atoms with Crippen LogP contribution in [0.4, 0.5) is 5.69 Å². The number of allylic oxidation sites excluding steroid dienone is 1. The number of fused-ring (bicyclic) bond motifs is 1. The fourth-order valence-corrected chi connectivity index (χ4v) is 4.84. The minimum atomic E-state index is 0.173. The van der Waals surface area contributed by atoms with Crippen molar-refractivity contribution < 1.29 is 0 Å². The number of benzene rings is 3. The maximum atomic E-state index is 5.23. The van der Waals surface area contributed by atoms with Crippen molar-refractivity contribution in [3.8, 4) is 11.3 Å². The highest BCUT2D eigenvalue weighted by atomic mass is 15.0. The van der Waals surface area contributed by atoms with E-state index in [1.165, 1.54) is 46.0 Å². The third-order valence-electron chi connectivity index (χ3n) is 6.73. The van der Waals surface area contributed by atoms with E-state index in [1.54, 1.807) is 6.08 Å². The van der Waals surface area contributed by atoms with Crippen LogP contribution in [0, 0.1) is 0 Å². The fourth-order valence-electron chi connectivity index (χ4n) is 4.84. The van der Waals surface area contributed by atoms with Crippen LogP contribution in [0.25, 0.3) is 22.0 Å². The van der Waals surface area contributed by atoms with Gasteiger partial charge in [-0.3, -0.25) is 4.98 Å². The smallest absolute Gasteiger partial charge is 0.0712 e. The largest absolute Gasteiger partial charge is 0.376 e. The van der Waals surface area contributed by atoms with Gasteiger partial charge >= 0.3 is 0 Å². The van der Waals surface area contributed by atoms with E-state index in [-0.39, 0.29) is 6.04 Å². The summed E-state index contributed by atoms with van der Waals surface area (Å²) in [5.74, 6) is 0.922. The summed E-state index contributed by atoms with van der Waals surface area (Å²) >= 11 is 0. The molecule has 0 spiro atoms. The molecule has 1 atom stereocenters. The molecule has 4 aromatic rings. The average Bonchev–Trinajstić information content (AvgIpc) is 2.91. The lowest BCUT2D eigenvalue weighted by Gasteiger charge is -2.26. The minimum absolute atomic E-state index is 0.173. The summed E-state index contributed by atoms with van der Waals surface area (Å²) in [6.45, 7) is 16.6. The van der Waals surface area contributed by atoms with Crippen LogP contribution in [0.3, 0.4) is 0 Å². The van der Waals surface area contributed by atoms with Crippen LogP contribution in [0.1, 0.15) is 95.5 Å². The Labute approximate surface area is 224 Å². The number of nitrogens with one attached hydrogen (secondary N) is 1. The molecule has 37 heavy (non-hydrogen) atoms. The van der Waals surface area contributed by atoms with Gasteiger partial charge in [0.05, 0.1) is 17.4 Å². The van der Waals surface area contributed by atoms with Crippen LogP contribution in [0.2, 0.25) is 0 Å². The van der Waals surface area contributed by atoms with Gasteiger partial charge in [-0.05, 0) is 59.2 Å². The van der Waals surface area contributed by atoms with Gasteiger partial charge in [0.15, 0.2) is 0 Å². The number of anilines is 1. The van der Waals surface area contributed by atoms with Gasteiger partial charge in [0.25, 0.3) is 0 Å². The quantitative estimate of drug-likeness (QED) is 0.235. The Morgan fingerprint density at radius 1 is 0.811 bits per heavy atom. The first-order chi connectivity index (χ1) is 17.9. The van der Waals surface area contributed by atoms with Gasteiger partial charge < -0.3 is 5.32 Å². The second kappa shape index (κ2) is 13.8. The molecule has 0 aliphatic carbocycles. The molecule has 0 fully saturated rings. The standard InChI is InChI=1S/C32H38N2.C3H6/c1-6-7-19-31(34-32-25(22(2)3)16-11-17-26(32)23(4)5)30-21-12-20-29(33-30)28-18-10-14-24-13-8-9-15-27(24)28;1-3-2/h8-18,20-23,31,34H,6-7,19H2,1-5H3;3H,1H2,2H3. The van der Waals surface area contributed by atoms with Crippen LogP contribution < -0.4 is 5.32 Å². The molecule has 0 aliphatic rings. The van der Waals surface area contributed by atoms with E-state index in [9.17, 15) is 0 Å². The van der Waals surface area contributed by atoms with E-state index < -0.39 is 0 Å². The van der Waals surface area contributed by atoms with Crippen molar-refractivity contribution in [3.63, 3.8) is 0 Å². The summed E-state index contributed by atoms with van der Waals surface area (Å²) in [7, 11) is 0. The lowest BCUT2D eigenvalue weighted by atomic mass is 9.91. The zero-order valence-corrected chi connectivity index (χ0v) is 23.6. The summed E-state index contributed by atoms with van der Waals surface area (Å²) < 4.78 is 0. The molecule has 0 bridgehead atoms. The first kappa shape index (κ1) is 28.2. The molecule has 1 heterocycles. The molecule has 3 aromatic carbocycles. The monoisotopic (exact) mass is 492 g/mol. The number of hydrogen-bond donors (Lipinski definition) is 1. The van der Waals surface area contributed by atoms with E-state index in [1.807, 2.05) is 6.92 Å². The topological polar surface area (TPSA) is 24.9 Å². The van der Waals surface area contributed by atoms with Crippen molar-refractivity contribution in [2.75, 3.05) is 5.32 Å². The summed E-state index contributed by atoms with van der Waals surface area (Å²) in [6, 6.07) is 28.5. The lowest BCUT2D eigenvalue weighted by Crippen LogP contribution is -2.16. The van der Waals surface area contributed by atoms with Crippen molar-refractivity contribution in [2.24, 2.45) is 0 Å². The molecule has 1 aromatic heterocycles. The third-order valence-corrected chi connectivity index (χ3v) is 6.73. The number of pyridine rings is 1. The number of rotatable bonds is 9. The zero-order valence-electron chi connectivity index (χ0n) is 23.6. The van der Waals surface area contributed by atoms with Gasteiger partial charge in [0.2, 0.25) is 0 Å². The molecule has 2 nitrogen and oxygen atoms in total. The minimum Gasteiger partial charge on any atom is -0.376 e. The van der Waals surface area contributed by atoms with Gasteiger partial charge in [-0.15, -0.1) is 6.58 Å². The zero-order chi connectivity index (χ0) is 26.8. The van der Waals surface area contributed by atoms with Crippen molar-refractivity contribution in [1.82, 2.24) is 4.98 Å². The van der Waals surface area contributed by atoms with Gasteiger partial charge in [0.1, 0.15) is 0 Å². The Morgan fingerprint density at radius 3 is 2.05 bits per heavy atom. The van der Waals surface area contributed by atoms with E-state index in [0.717, 1.165) is 17.8 Å². The molecule has 2 heteroatoms. The fraction of sp³-hybridized carbons (Fsp3) is 0.343. The molecule has 194 valence electrons. The maximum Gasteiger partial charge on any atom is 0.0712 e. The number of para-hydroxylation sites is 1. The highest BCUT2D eigenvalue weighted by molar-refractivity contribution is 5.95. The summed E-state index contributed by atoms with van der Waals surface area (Å²) in [4.78, 5) is 5.23. The predicted octanol–water partition coefficient (Wildman–Crippen LogP) is 10.7. The first-order valence-corrected chi connectivity index (χ1v) is 13.8. The van der Waals surface area contributed by atoms with E-state index in [0.29, 0.717) is 11.8 Å². The maximum absolute atomic E-state index is 5.23. The van der Waals surface area contributed by atoms with Crippen LogP contribution in [-0.4, -0.2) is 4.98 Å². The molecular formula is C35H44N2. The number of unbranched alkanes of at least 4 members (excludes halogenated alkanes) is 1. The van der Waals surface area contributed by atoms with Gasteiger partial charge in [0, 0.05) is 11.3 Å². The predicted molar refractivity (Wildman–Crippen MR) is 164 cm³/mol. The lowest BCUT2D eigenvalue weighted by molar-refractivity contribution is 0.619. The van der Waals surface area contributed by atoms with Crippen LogP contribution in [0.5, 0.6) is 0 Å². The van der Waals surface area contributed by atoms with Crippen molar-refractivity contribution in [3.05, 3.63) is 108 Å². The molecule has 4 rings (SSSR count). The second-order valence-corrected chi connectivity index (χ2v) is 10.3. The normalized spacial score (nSPS) is 11.8. The Kier molecular flexibility index (Phi) is 10.5.